The molecule has 43 heavy (non-hydrogen) atoms. The van der Waals surface area contributed by atoms with E-state index in [9.17, 15) is 14.4 Å². The number of benzene rings is 2. The molecular weight excluding hydrogens is 562 g/mol. The topological polar surface area (TPSA) is 91.9 Å². The van der Waals surface area contributed by atoms with Gasteiger partial charge in [0.25, 0.3) is 5.56 Å². The number of esters is 2. The number of thiazole rings is 1. The Hall–Kier alpha value is -4.24. The summed E-state index contributed by atoms with van der Waals surface area (Å²) in [5, 5.41) is 0.914. The summed E-state index contributed by atoms with van der Waals surface area (Å²) in [6.45, 7) is 10.5. The van der Waals surface area contributed by atoms with Crippen LogP contribution in [0.2, 0.25) is 0 Å². The van der Waals surface area contributed by atoms with Gasteiger partial charge in [0.05, 0.1) is 35.1 Å². The van der Waals surface area contributed by atoms with Crippen molar-refractivity contribution >= 4 is 40.3 Å². The van der Waals surface area contributed by atoms with Crippen molar-refractivity contribution in [1.82, 2.24) is 9.13 Å². The van der Waals surface area contributed by atoms with E-state index in [4.69, 9.17) is 14.5 Å². The number of nitrogens with zero attached hydrogens (tertiary/aromatic N) is 3. The lowest BCUT2D eigenvalue weighted by atomic mass is 9.92. The minimum atomic E-state index is -0.662. The quantitative estimate of drug-likeness (QED) is 0.233. The van der Waals surface area contributed by atoms with Gasteiger partial charge in [-0.2, -0.15) is 0 Å². The molecule has 5 rings (SSSR count). The molecule has 9 heteroatoms. The zero-order chi connectivity index (χ0) is 30.7. The van der Waals surface area contributed by atoms with E-state index in [1.165, 1.54) is 16.9 Å². The summed E-state index contributed by atoms with van der Waals surface area (Å²) in [7, 11) is 0. The summed E-state index contributed by atoms with van der Waals surface area (Å²) in [4.78, 5) is 45.3. The number of rotatable bonds is 10. The molecule has 0 unspecified atom stereocenters. The van der Waals surface area contributed by atoms with Crippen LogP contribution in [0.15, 0.2) is 75.8 Å². The Labute approximate surface area is 254 Å². The van der Waals surface area contributed by atoms with Crippen molar-refractivity contribution in [2.75, 3.05) is 13.2 Å². The Morgan fingerprint density at radius 2 is 1.74 bits per heavy atom. The highest BCUT2D eigenvalue weighted by molar-refractivity contribution is 7.07. The Morgan fingerprint density at radius 1 is 1.02 bits per heavy atom. The fourth-order valence-electron chi connectivity index (χ4n) is 5.51. The molecule has 224 valence electrons. The van der Waals surface area contributed by atoms with Crippen LogP contribution >= 0.6 is 11.3 Å². The van der Waals surface area contributed by atoms with Gasteiger partial charge in [-0.3, -0.25) is 14.2 Å². The molecule has 2 aromatic heterocycles. The SMILES string of the molecule is CCCC1=C(C(=O)OCC)[C@@H](c2ccc(C(C)C)cc2)n2c(s/c(=C\c3cn(CC(=O)OCC)c4ccccc34)c2=O)=N1. The molecule has 0 saturated carbocycles. The molecule has 1 aliphatic rings. The molecule has 1 aliphatic heterocycles. The Morgan fingerprint density at radius 3 is 2.42 bits per heavy atom. The zero-order valence-corrected chi connectivity index (χ0v) is 26.1. The van der Waals surface area contributed by atoms with Crippen molar-refractivity contribution < 1.29 is 19.1 Å². The summed E-state index contributed by atoms with van der Waals surface area (Å²) in [5.41, 5.74) is 4.50. The van der Waals surface area contributed by atoms with E-state index in [0.717, 1.165) is 28.5 Å². The van der Waals surface area contributed by atoms with Crippen molar-refractivity contribution in [2.45, 2.75) is 66.0 Å². The second-order valence-electron chi connectivity index (χ2n) is 10.8. The first-order chi connectivity index (χ1) is 20.8. The second-order valence-corrected chi connectivity index (χ2v) is 11.8. The highest BCUT2D eigenvalue weighted by Crippen LogP contribution is 2.33. The van der Waals surface area contributed by atoms with Gasteiger partial charge in [0.15, 0.2) is 4.80 Å². The molecule has 1 atom stereocenters. The van der Waals surface area contributed by atoms with Crippen LogP contribution in [-0.2, 0) is 25.6 Å². The van der Waals surface area contributed by atoms with Crippen LogP contribution in [0.4, 0.5) is 0 Å². The highest BCUT2D eigenvalue weighted by Gasteiger charge is 2.34. The predicted molar refractivity (Wildman–Crippen MR) is 169 cm³/mol. The van der Waals surface area contributed by atoms with Crippen molar-refractivity contribution in [1.29, 1.82) is 0 Å². The van der Waals surface area contributed by atoms with Crippen LogP contribution < -0.4 is 14.9 Å². The van der Waals surface area contributed by atoms with Crippen molar-refractivity contribution in [3.05, 3.63) is 102 Å². The second kappa shape index (κ2) is 13.0. The summed E-state index contributed by atoms with van der Waals surface area (Å²) in [5.74, 6) is -0.436. The summed E-state index contributed by atoms with van der Waals surface area (Å²) >= 11 is 1.30. The molecule has 0 N–H and O–H groups in total. The van der Waals surface area contributed by atoms with E-state index in [2.05, 4.69) is 26.0 Å². The number of aromatic nitrogens is 2. The average molecular weight is 600 g/mol. The lowest BCUT2D eigenvalue weighted by Crippen LogP contribution is -2.40. The van der Waals surface area contributed by atoms with Gasteiger partial charge in [0.2, 0.25) is 0 Å². The first-order valence-electron chi connectivity index (χ1n) is 14.8. The van der Waals surface area contributed by atoms with Crippen molar-refractivity contribution in [2.24, 2.45) is 4.99 Å². The Balaban J connectivity index is 1.71. The largest absolute Gasteiger partial charge is 0.465 e. The number of allylic oxidation sites excluding steroid dienone is 1. The van der Waals surface area contributed by atoms with Crippen LogP contribution in [0.25, 0.3) is 17.0 Å². The number of hydrogen-bond acceptors (Lipinski definition) is 7. The van der Waals surface area contributed by atoms with Gasteiger partial charge in [-0.25, -0.2) is 9.79 Å². The maximum absolute atomic E-state index is 14.2. The molecule has 3 heterocycles. The molecule has 0 fully saturated rings. The minimum absolute atomic E-state index is 0.0685. The van der Waals surface area contributed by atoms with Gasteiger partial charge >= 0.3 is 11.9 Å². The molecule has 0 aliphatic carbocycles. The first kappa shape index (κ1) is 30.2. The van der Waals surface area contributed by atoms with E-state index < -0.39 is 12.0 Å². The molecular formula is C34H37N3O5S. The van der Waals surface area contributed by atoms with Crippen LogP contribution in [-0.4, -0.2) is 34.3 Å². The lowest BCUT2D eigenvalue weighted by molar-refractivity contribution is -0.143. The van der Waals surface area contributed by atoms with Crippen LogP contribution in [0.1, 0.15) is 76.1 Å². The van der Waals surface area contributed by atoms with Gasteiger partial charge in [-0.1, -0.05) is 81.0 Å². The number of hydrogen-bond donors (Lipinski definition) is 0. The minimum Gasteiger partial charge on any atom is -0.465 e. The van der Waals surface area contributed by atoms with Crippen LogP contribution in [0.5, 0.6) is 0 Å². The number of para-hydroxylation sites is 1. The predicted octanol–water partition coefficient (Wildman–Crippen LogP) is 5.22. The van der Waals surface area contributed by atoms with Gasteiger partial charge in [0, 0.05) is 22.7 Å². The first-order valence-corrected chi connectivity index (χ1v) is 15.6. The van der Waals surface area contributed by atoms with E-state index >= 15 is 0 Å². The Bertz CT molecular complexity index is 1880. The average Bonchev–Trinajstić information content (AvgIpc) is 3.49. The molecule has 0 saturated heterocycles. The summed E-state index contributed by atoms with van der Waals surface area (Å²) < 4.78 is 14.6. The van der Waals surface area contributed by atoms with Gasteiger partial charge in [-0.15, -0.1) is 0 Å². The van der Waals surface area contributed by atoms with E-state index in [1.807, 2.05) is 60.2 Å². The van der Waals surface area contributed by atoms with E-state index in [0.29, 0.717) is 39.5 Å². The number of carbonyl (C=O) groups is 2. The Kier molecular flexibility index (Phi) is 9.11. The number of fused-ring (bicyclic) bond motifs is 2. The standard InChI is InChI=1S/C34H37N3O5S/c1-6-11-26-30(33(40)42-8-3)31(23-16-14-22(15-17-23)21(4)5)37-32(39)28(43-34(37)35-26)18-24-19-36(20-29(38)41-7-2)27-13-10-9-12-25(24)27/h9-10,12-19,21,31H,6-8,11,20H2,1-5H3/b28-18-/t31-/m1/s1. The zero-order valence-electron chi connectivity index (χ0n) is 25.3. The lowest BCUT2D eigenvalue weighted by Gasteiger charge is -2.26. The molecule has 8 nitrogen and oxygen atoms in total. The molecule has 2 aromatic carbocycles. The maximum Gasteiger partial charge on any atom is 0.338 e. The maximum atomic E-state index is 14.2. The van der Waals surface area contributed by atoms with Gasteiger partial charge in [0.1, 0.15) is 6.54 Å². The highest BCUT2D eigenvalue weighted by atomic mass is 32.1. The van der Waals surface area contributed by atoms with Crippen molar-refractivity contribution in [3.63, 3.8) is 0 Å². The fraction of sp³-hybridized carbons (Fsp3) is 0.353. The molecule has 0 spiro atoms. The molecule has 0 radical (unpaired) electrons. The molecule has 0 amide bonds. The monoisotopic (exact) mass is 599 g/mol. The van der Waals surface area contributed by atoms with E-state index in [-0.39, 0.29) is 24.7 Å². The fourth-order valence-corrected chi connectivity index (χ4v) is 6.52. The van der Waals surface area contributed by atoms with Gasteiger partial charge < -0.3 is 14.0 Å². The normalized spacial score (nSPS) is 15.1. The molecule has 0 bridgehead atoms. The third kappa shape index (κ3) is 5.99. The third-order valence-electron chi connectivity index (χ3n) is 7.52. The third-order valence-corrected chi connectivity index (χ3v) is 8.50. The number of carbonyl (C=O) groups excluding carboxylic acids is 2. The smallest absolute Gasteiger partial charge is 0.338 e. The van der Waals surface area contributed by atoms with Crippen LogP contribution in [0, 0.1) is 0 Å². The van der Waals surface area contributed by atoms with E-state index in [1.54, 1.807) is 18.4 Å². The molecule has 4 aromatic rings. The number of ether oxygens (including phenoxy) is 2. The summed E-state index contributed by atoms with van der Waals surface area (Å²) in [6, 6.07) is 15.2. The summed E-state index contributed by atoms with van der Waals surface area (Å²) in [6.07, 6.45) is 5.09. The van der Waals surface area contributed by atoms with Gasteiger partial charge in [-0.05, 0) is 49.5 Å². The van der Waals surface area contributed by atoms with Crippen molar-refractivity contribution in [3.8, 4) is 0 Å². The van der Waals surface area contributed by atoms with Crippen LogP contribution in [0.3, 0.4) is 0 Å².